The van der Waals surface area contributed by atoms with Crippen LogP contribution in [0.4, 0.5) is 0 Å². The van der Waals surface area contributed by atoms with Crippen molar-refractivity contribution in [2.75, 3.05) is 0 Å². The maximum Gasteiger partial charge on any atom is 0.234 e. The average Bonchev–Trinajstić information content (AvgIpc) is 3.41. The van der Waals surface area contributed by atoms with Gasteiger partial charge in [0.15, 0.2) is 0 Å². The van der Waals surface area contributed by atoms with Gasteiger partial charge in [0, 0.05) is 22.1 Å². The molecule has 2 heteroatoms. The number of benzene rings is 4. The summed E-state index contributed by atoms with van der Waals surface area (Å²) in [4.78, 5) is 25.8. The van der Waals surface area contributed by atoms with Gasteiger partial charge in [0.05, 0.1) is 0 Å². The highest BCUT2D eigenvalue weighted by atomic mass is 16.2. The Morgan fingerprint density at radius 2 is 1.43 bits per heavy atom. The molecule has 4 aromatic rings. The maximum atomic E-state index is 13.0. The second kappa shape index (κ2) is 5.39. The number of rotatable bonds is 2. The van der Waals surface area contributed by atoms with Gasteiger partial charge >= 0.3 is 0 Å². The van der Waals surface area contributed by atoms with Crippen LogP contribution in [-0.4, -0.2) is 11.6 Å². The molecule has 0 spiro atoms. The lowest BCUT2D eigenvalue weighted by Gasteiger charge is -2.16. The van der Waals surface area contributed by atoms with Crippen LogP contribution in [0.5, 0.6) is 0 Å². The van der Waals surface area contributed by atoms with Gasteiger partial charge in [-0.2, -0.15) is 0 Å². The van der Waals surface area contributed by atoms with Gasteiger partial charge in [0.25, 0.3) is 0 Å². The summed E-state index contributed by atoms with van der Waals surface area (Å²) in [5.41, 5.74) is 4.37. The number of fused-ring (bicyclic) bond motifs is 2. The van der Waals surface area contributed by atoms with Crippen LogP contribution in [0.25, 0.3) is 32.7 Å². The number of carbonyl (C=O) groups is 2. The van der Waals surface area contributed by atoms with Crippen molar-refractivity contribution >= 4 is 33.1 Å². The Balaban J connectivity index is 1.89. The quantitative estimate of drug-likeness (QED) is 0.316. The van der Waals surface area contributed by atoms with Crippen molar-refractivity contribution in [3.8, 4) is 11.1 Å². The molecule has 28 heavy (non-hydrogen) atoms. The minimum absolute atomic E-state index is 0.378. The average molecular weight is 362 g/mol. The molecular formula is C26H18O2. The van der Waals surface area contributed by atoms with Gasteiger partial charge in [0.1, 0.15) is 0 Å². The molecule has 1 fully saturated rings. The van der Waals surface area contributed by atoms with E-state index in [1.54, 1.807) is 6.07 Å². The van der Waals surface area contributed by atoms with Gasteiger partial charge in [-0.3, -0.25) is 9.59 Å². The Morgan fingerprint density at radius 1 is 0.714 bits per heavy atom. The fourth-order valence-corrected chi connectivity index (χ4v) is 4.99. The minimum atomic E-state index is -0.380. The first-order valence-corrected chi connectivity index (χ1v) is 9.82. The van der Waals surface area contributed by atoms with Gasteiger partial charge in [-0.25, -0.2) is 0 Å². The summed E-state index contributed by atoms with van der Waals surface area (Å²) in [7, 11) is 0. The van der Waals surface area contributed by atoms with Gasteiger partial charge in [-0.15, -0.1) is 0 Å². The lowest BCUT2D eigenvalue weighted by Crippen LogP contribution is -2.07. The molecule has 0 radical (unpaired) electrons. The summed E-state index contributed by atoms with van der Waals surface area (Å²) in [6.45, 7) is 2.29. The van der Waals surface area contributed by atoms with E-state index >= 15 is 0 Å². The lowest BCUT2D eigenvalue weighted by atomic mass is 9.86. The Labute approximate surface area is 162 Å². The Kier molecular flexibility index (Phi) is 3.03. The van der Waals surface area contributed by atoms with Crippen molar-refractivity contribution in [3.05, 3.63) is 83.4 Å². The number of Topliss-reactive ketones (excluding diaryl/α,β-unsaturated/α-hetero) is 2. The first-order valence-electron chi connectivity index (χ1n) is 9.82. The summed E-state index contributed by atoms with van der Waals surface area (Å²) in [5, 5.41) is 4.16. The number of hydrogen-bond acceptors (Lipinski definition) is 2. The highest BCUT2D eigenvalue weighted by Crippen LogP contribution is 2.52. The van der Waals surface area contributed by atoms with E-state index in [1.165, 1.54) is 17.4 Å². The third-order valence-electron chi connectivity index (χ3n) is 6.45. The fraction of sp³-hybridized carbons (Fsp3) is 0.154. The summed E-state index contributed by atoms with van der Waals surface area (Å²) >= 11 is 0. The molecule has 6 rings (SSSR count). The summed E-state index contributed by atoms with van der Waals surface area (Å²) in [6, 6.07) is 22.2. The molecule has 0 bridgehead atoms. The maximum absolute atomic E-state index is 13.0. The first kappa shape index (κ1) is 15.8. The Morgan fingerprint density at radius 3 is 2.18 bits per heavy atom. The molecule has 2 atom stereocenters. The molecule has 2 aliphatic carbocycles. The molecule has 0 N–H and O–H groups in total. The second-order valence-electron chi connectivity index (χ2n) is 8.09. The molecule has 1 saturated carbocycles. The van der Waals surface area contributed by atoms with Gasteiger partial charge < -0.3 is 0 Å². The zero-order valence-corrected chi connectivity index (χ0v) is 15.5. The molecule has 0 saturated heterocycles. The fourth-order valence-electron chi connectivity index (χ4n) is 4.99. The SMILES string of the molecule is CC1C[C@@H]1c1cccc2c(-c3ccccc3)c3c4c(cccc4c12)C(=O)C3=O. The predicted molar refractivity (Wildman–Crippen MR) is 112 cm³/mol. The van der Waals surface area contributed by atoms with Crippen LogP contribution in [0.15, 0.2) is 66.7 Å². The van der Waals surface area contributed by atoms with Crippen LogP contribution in [0, 0.1) is 5.92 Å². The highest BCUT2D eigenvalue weighted by molar-refractivity contribution is 6.59. The predicted octanol–water partition coefficient (Wildman–Crippen LogP) is 6.16. The first-order chi connectivity index (χ1) is 13.7. The monoisotopic (exact) mass is 362 g/mol. The molecule has 1 unspecified atom stereocenters. The third kappa shape index (κ3) is 1.92. The van der Waals surface area contributed by atoms with Crippen LogP contribution >= 0.6 is 0 Å². The Bertz CT molecular complexity index is 1330. The van der Waals surface area contributed by atoms with Crippen molar-refractivity contribution in [1.29, 1.82) is 0 Å². The van der Waals surface area contributed by atoms with Crippen molar-refractivity contribution in [2.45, 2.75) is 19.3 Å². The van der Waals surface area contributed by atoms with Crippen molar-refractivity contribution < 1.29 is 9.59 Å². The van der Waals surface area contributed by atoms with Crippen LogP contribution in [0.2, 0.25) is 0 Å². The largest absolute Gasteiger partial charge is 0.285 e. The molecule has 0 amide bonds. The molecule has 0 aromatic heterocycles. The molecule has 0 aliphatic heterocycles. The summed E-state index contributed by atoms with van der Waals surface area (Å²) in [5.74, 6) is 0.473. The number of carbonyl (C=O) groups excluding carboxylic acids is 2. The van der Waals surface area contributed by atoms with Crippen LogP contribution in [0.3, 0.4) is 0 Å². The van der Waals surface area contributed by atoms with Crippen LogP contribution in [0.1, 0.15) is 45.5 Å². The molecule has 0 heterocycles. The van der Waals surface area contributed by atoms with E-state index in [4.69, 9.17) is 0 Å². The van der Waals surface area contributed by atoms with Crippen molar-refractivity contribution in [1.82, 2.24) is 0 Å². The second-order valence-corrected chi connectivity index (χ2v) is 8.09. The molecule has 134 valence electrons. The zero-order chi connectivity index (χ0) is 19.0. The number of ketones is 2. The van der Waals surface area contributed by atoms with E-state index in [2.05, 4.69) is 31.2 Å². The molecule has 2 nitrogen and oxygen atoms in total. The van der Waals surface area contributed by atoms with Gasteiger partial charge in [-0.1, -0.05) is 73.7 Å². The van der Waals surface area contributed by atoms with Crippen LogP contribution in [-0.2, 0) is 0 Å². The highest BCUT2D eigenvalue weighted by Gasteiger charge is 2.38. The zero-order valence-electron chi connectivity index (χ0n) is 15.5. The minimum Gasteiger partial charge on any atom is -0.285 e. The van der Waals surface area contributed by atoms with E-state index in [0.29, 0.717) is 23.0 Å². The Hall–Kier alpha value is -3.26. The van der Waals surface area contributed by atoms with E-state index < -0.39 is 0 Å². The molecular weight excluding hydrogens is 344 g/mol. The van der Waals surface area contributed by atoms with Gasteiger partial charge in [0.2, 0.25) is 11.6 Å². The van der Waals surface area contributed by atoms with Crippen LogP contribution < -0.4 is 0 Å². The normalized spacial score (nSPS) is 20.3. The molecule has 2 aliphatic rings. The summed E-state index contributed by atoms with van der Waals surface area (Å²) in [6.07, 6.45) is 1.20. The smallest absolute Gasteiger partial charge is 0.234 e. The van der Waals surface area contributed by atoms with Gasteiger partial charge in [-0.05, 0) is 45.5 Å². The van der Waals surface area contributed by atoms with E-state index in [0.717, 1.165) is 27.3 Å². The van der Waals surface area contributed by atoms with E-state index in [9.17, 15) is 9.59 Å². The lowest BCUT2D eigenvalue weighted by molar-refractivity contribution is 0.0825. The van der Waals surface area contributed by atoms with E-state index in [1.807, 2.05) is 36.4 Å². The molecule has 4 aromatic carbocycles. The third-order valence-corrected chi connectivity index (χ3v) is 6.45. The van der Waals surface area contributed by atoms with Crippen molar-refractivity contribution in [3.63, 3.8) is 0 Å². The topological polar surface area (TPSA) is 34.1 Å². The van der Waals surface area contributed by atoms with E-state index in [-0.39, 0.29) is 11.6 Å². The van der Waals surface area contributed by atoms with Crippen molar-refractivity contribution in [2.24, 2.45) is 5.92 Å². The number of hydrogen-bond donors (Lipinski definition) is 0. The standard InChI is InChI=1S/C26H18O2/c1-14-13-20(14)16-9-5-10-17-21(15-7-3-2-4-8-15)24-23-18(22(16)17)11-6-12-19(23)25(27)26(24)28/h2-12,14,20H,13H2,1H3/t14?,20-/m0/s1. The summed E-state index contributed by atoms with van der Waals surface area (Å²) < 4.78 is 0.